The molecule has 0 aromatic heterocycles. The molecule has 1 aromatic carbocycles. The monoisotopic (exact) mass is 324 g/mol. The van der Waals surface area contributed by atoms with E-state index in [0.717, 1.165) is 32.7 Å². The van der Waals surface area contributed by atoms with Gasteiger partial charge < -0.3 is 5.11 Å². The first kappa shape index (κ1) is 15.9. The molecular formula is C16H24N2O3S. The van der Waals surface area contributed by atoms with Gasteiger partial charge in [0.05, 0.1) is 23.7 Å². The van der Waals surface area contributed by atoms with E-state index in [-0.39, 0.29) is 17.5 Å². The van der Waals surface area contributed by atoms with Crippen molar-refractivity contribution in [3.8, 4) is 0 Å². The summed E-state index contributed by atoms with van der Waals surface area (Å²) < 4.78 is 23.3. The Balaban J connectivity index is 1.56. The lowest BCUT2D eigenvalue weighted by atomic mass is 10.1. The van der Waals surface area contributed by atoms with Crippen LogP contribution in [0, 0.1) is 6.92 Å². The van der Waals surface area contributed by atoms with Crippen molar-refractivity contribution in [3.05, 3.63) is 35.4 Å². The second kappa shape index (κ2) is 6.28. The Bertz CT molecular complexity index is 624. The third-order valence-corrected chi connectivity index (χ3v) is 6.52. The Morgan fingerprint density at radius 2 is 1.82 bits per heavy atom. The molecule has 6 heteroatoms. The molecule has 0 aliphatic carbocycles. The quantitative estimate of drug-likeness (QED) is 0.865. The molecule has 2 aliphatic heterocycles. The van der Waals surface area contributed by atoms with Gasteiger partial charge in [0.25, 0.3) is 0 Å². The number of nitrogens with zero attached hydrogens (tertiary/aromatic N) is 2. The van der Waals surface area contributed by atoms with Crippen molar-refractivity contribution in [1.29, 1.82) is 0 Å². The molecule has 3 rings (SSSR count). The number of aryl methyl sites for hydroxylation is 1. The minimum Gasteiger partial charge on any atom is -0.390 e. The summed E-state index contributed by atoms with van der Waals surface area (Å²) in [5.41, 5.74) is 2.65. The molecule has 0 amide bonds. The van der Waals surface area contributed by atoms with Gasteiger partial charge in [0.2, 0.25) is 0 Å². The Kier molecular flexibility index (Phi) is 4.54. The Hall–Kier alpha value is -0.950. The highest BCUT2D eigenvalue weighted by atomic mass is 32.2. The van der Waals surface area contributed by atoms with Crippen molar-refractivity contribution in [2.45, 2.75) is 25.6 Å². The maximum atomic E-state index is 11.6. The molecule has 0 radical (unpaired) electrons. The van der Waals surface area contributed by atoms with E-state index in [2.05, 4.69) is 41.0 Å². The van der Waals surface area contributed by atoms with E-state index in [0.29, 0.717) is 0 Å². The van der Waals surface area contributed by atoms with Crippen molar-refractivity contribution in [2.24, 2.45) is 0 Å². The average Bonchev–Trinajstić information content (AvgIpc) is 2.75. The highest BCUT2D eigenvalue weighted by Crippen LogP contribution is 2.21. The first-order valence-corrected chi connectivity index (χ1v) is 9.66. The lowest BCUT2D eigenvalue weighted by Crippen LogP contribution is -2.53. The van der Waals surface area contributed by atoms with Crippen molar-refractivity contribution < 1.29 is 13.5 Å². The maximum Gasteiger partial charge on any atom is 0.154 e. The molecule has 1 N–H and O–H groups in total. The third-order valence-electron chi connectivity index (χ3n) is 4.82. The SMILES string of the molecule is Cc1ccccc1CN1CCN([C@H]2CS(=O)(=O)C[C@H]2O)CC1. The van der Waals surface area contributed by atoms with Gasteiger partial charge in [-0.2, -0.15) is 0 Å². The second-order valence-corrected chi connectivity index (χ2v) is 8.60. The van der Waals surface area contributed by atoms with Crippen LogP contribution in [0.5, 0.6) is 0 Å². The van der Waals surface area contributed by atoms with E-state index in [9.17, 15) is 13.5 Å². The first-order chi connectivity index (χ1) is 10.4. The van der Waals surface area contributed by atoms with Gasteiger partial charge in [0, 0.05) is 32.7 Å². The smallest absolute Gasteiger partial charge is 0.154 e. The van der Waals surface area contributed by atoms with Crippen LogP contribution in [0.3, 0.4) is 0 Å². The standard InChI is InChI=1S/C16H24N2O3S/c1-13-4-2-3-5-14(13)10-17-6-8-18(9-7-17)15-11-22(20,21)12-16(15)19/h2-5,15-16,19H,6-12H2,1H3/t15-,16+/m0/s1. The molecule has 2 atom stereocenters. The number of aliphatic hydroxyl groups excluding tert-OH is 1. The highest BCUT2D eigenvalue weighted by molar-refractivity contribution is 7.91. The van der Waals surface area contributed by atoms with Gasteiger partial charge in [-0.1, -0.05) is 24.3 Å². The molecule has 0 bridgehead atoms. The lowest BCUT2D eigenvalue weighted by Gasteiger charge is -2.38. The molecule has 2 heterocycles. The van der Waals surface area contributed by atoms with E-state index in [1.807, 2.05) is 0 Å². The average molecular weight is 324 g/mol. The van der Waals surface area contributed by atoms with Crippen molar-refractivity contribution in [2.75, 3.05) is 37.7 Å². The molecular weight excluding hydrogens is 300 g/mol. The van der Waals surface area contributed by atoms with Crippen LogP contribution in [0.25, 0.3) is 0 Å². The number of aliphatic hydroxyl groups is 1. The van der Waals surface area contributed by atoms with Crippen LogP contribution in [0.4, 0.5) is 0 Å². The summed E-state index contributed by atoms with van der Waals surface area (Å²) >= 11 is 0. The van der Waals surface area contributed by atoms with Crippen LogP contribution < -0.4 is 0 Å². The molecule has 122 valence electrons. The van der Waals surface area contributed by atoms with Gasteiger partial charge in [-0.3, -0.25) is 9.80 Å². The van der Waals surface area contributed by atoms with Gasteiger partial charge in [0.15, 0.2) is 9.84 Å². The number of benzene rings is 1. The first-order valence-electron chi connectivity index (χ1n) is 7.84. The van der Waals surface area contributed by atoms with Crippen molar-refractivity contribution >= 4 is 9.84 Å². The van der Waals surface area contributed by atoms with Gasteiger partial charge in [0.1, 0.15) is 0 Å². The zero-order chi connectivity index (χ0) is 15.7. The molecule has 2 saturated heterocycles. The number of sulfone groups is 1. The predicted octanol–water partition coefficient (Wildman–Crippen LogP) is 0.271. The van der Waals surface area contributed by atoms with Crippen LogP contribution in [0.2, 0.25) is 0 Å². The van der Waals surface area contributed by atoms with Gasteiger partial charge in [-0.15, -0.1) is 0 Å². The van der Waals surface area contributed by atoms with E-state index in [1.54, 1.807) is 0 Å². The topological polar surface area (TPSA) is 60.9 Å². The summed E-state index contributed by atoms with van der Waals surface area (Å²) in [6, 6.07) is 8.20. The minimum absolute atomic E-state index is 0.0823. The Morgan fingerprint density at radius 3 is 2.41 bits per heavy atom. The summed E-state index contributed by atoms with van der Waals surface area (Å²) in [7, 11) is -3.07. The molecule has 22 heavy (non-hydrogen) atoms. The van der Waals surface area contributed by atoms with Crippen LogP contribution in [-0.2, 0) is 16.4 Å². The molecule has 2 fully saturated rings. The van der Waals surface area contributed by atoms with Gasteiger partial charge >= 0.3 is 0 Å². The fraction of sp³-hybridized carbons (Fsp3) is 0.625. The van der Waals surface area contributed by atoms with Gasteiger partial charge in [-0.05, 0) is 18.1 Å². The molecule has 5 nitrogen and oxygen atoms in total. The lowest BCUT2D eigenvalue weighted by molar-refractivity contribution is 0.0423. The summed E-state index contributed by atoms with van der Waals surface area (Å²) in [6.07, 6.45) is -0.729. The number of hydrogen-bond acceptors (Lipinski definition) is 5. The summed E-state index contributed by atoms with van der Waals surface area (Å²) in [5.74, 6) is 0.0209. The van der Waals surface area contributed by atoms with Crippen LogP contribution >= 0.6 is 0 Å². The number of hydrogen-bond donors (Lipinski definition) is 1. The van der Waals surface area contributed by atoms with Crippen molar-refractivity contribution in [1.82, 2.24) is 9.80 Å². The fourth-order valence-corrected chi connectivity index (χ4v) is 5.27. The summed E-state index contributed by atoms with van der Waals surface area (Å²) in [4.78, 5) is 4.54. The molecule has 2 aliphatic rings. The zero-order valence-electron chi connectivity index (χ0n) is 13.0. The number of piperazine rings is 1. The van der Waals surface area contributed by atoms with E-state index in [1.165, 1.54) is 11.1 Å². The third kappa shape index (κ3) is 3.51. The van der Waals surface area contributed by atoms with E-state index in [4.69, 9.17) is 0 Å². The zero-order valence-corrected chi connectivity index (χ0v) is 13.8. The Morgan fingerprint density at radius 1 is 1.14 bits per heavy atom. The summed E-state index contributed by atoms with van der Waals surface area (Å²) in [5, 5.41) is 9.98. The maximum absolute atomic E-state index is 11.6. The molecule has 0 saturated carbocycles. The van der Waals surface area contributed by atoms with E-state index < -0.39 is 15.9 Å². The summed E-state index contributed by atoms with van der Waals surface area (Å²) in [6.45, 7) is 6.54. The normalized spacial score (nSPS) is 29.7. The predicted molar refractivity (Wildman–Crippen MR) is 86.5 cm³/mol. The second-order valence-electron chi connectivity index (χ2n) is 6.45. The Labute approximate surface area is 132 Å². The van der Waals surface area contributed by atoms with Crippen molar-refractivity contribution in [3.63, 3.8) is 0 Å². The van der Waals surface area contributed by atoms with Gasteiger partial charge in [-0.25, -0.2) is 8.42 Å². The van der Waals surface area contributed by atoms with Crippen LogP contribution in [0.15, 0.2) is 24.3 Å². The minimum atomic E-state index is -3.07. The highest BCUT2D eigenvalue weighted by Gasteiger charge is 2.40. The van der Waals surface area contributed by atoms with Crippen LogP contribution in [-0.4, -0.2) is 73.2 Å². The van der Waals surface area contributed by atoms with Crippen LogP contribution in [0.1, 0.15) is 11.1 Å². The molecule has 0 unspecified atom stereocenters. The fourth-order valence-electron chi connectivity index (χ4n) is 3.44. The molecule has 1 aromatic rings. The largest absolute Gasteiger partial charge is 0.390 e. The molecule has 0 spiro atoms. The van der Waals surface area contributed by atoms with E-state index >= 15 is 0 Å². The number of rotatable bonds is 3.